The summed E-state index contributed by atoms with van der Waals surface area (Å²) in [6.45, 7) is 8.52. The van der Waals surface area contributed by atoms with E-state index in [4.69, 9.17) is 9.47 Å². The molecule has 136 valence electrons. The van der Waals surface area contributed by atoms with Crippen molar-refractivity contribution < 1.29 is 9.47 Å². The normalized spacial score (nSPS) is 14.9. The highest BCUT2D eigenvalue weighted by Crippen LogP contribution is 2.17. The van der Waals surface area contributed by atoms with Crippen molar-refractivity contribution in [3.8, 4) is 0 Å². The van der Waals surface area contributed by atoms with Crippen LogP contribution >= 0.6 is 24.0 Å². The molecule has 1 saturated heterocycles. The van der Waals surface area contributed by atoms with Crippen LogP contribution in [-0.2, 0) is 16.0 Å². The van der Waals surface area contributed by atoms with Gasteiger partial charge in [0.1, 0.15) is 0 Å². The van der Waals surface area contributed by atoms with Crippen LogP contribution in [0.25, 0.3) is 0 Å². The fourth-order valence-electron chi connectivity index (χ4n) is 2.42. The van der Waals surface area contributed by atoms with Crippen LogP contribution in [0.4, 0.5) is 5.69 Å². The van der Waals surface area contributed by atoms with Gasteiger partial charge in [-0.15, -0.1) is 24.0 Å². The molecule has 0 amide bonds. The molecule has 0 aliphatic carbocycles. The summed E-state index contributed by atoms with van der Waals surface area (Å²) in [6.07, 6.45) is 0. The topological polar surface area (TPSA) is 58.1 Å². The van der Waals surface area contributed by atoms with Gasteiger partial charge in [-0.2, -0.15) is 0 Å². The lowest BCUT2D eigenvalue weighted by molar-refractivity contribution is 0.122. The molecule has 2 N–H and O–H groups in total. The average molecular weight is 448 g/mol. The number of anilines is 1. The van der Waals surface area contributed by atoms with Crippen LogP contribution in [0.1, 0.15) is 12.5 Å². The van der Waals surface area contributed by atoms with Gasteiger partial charge in [0.15, 0.2) is 5.96 Å². The Morgan fingerprint density at radius 1 is 1.21 bits per heavy atom. The number of hydrogen-bond donors (Lipinski definition) is 2. The molecular weight excluding hydrogens is 419 g/mol. The van der Waals surface area contributed by atoms with Gasteiger partial charge < -0.3 is 25.0 Å². The Balaban J connectivity index is 0.00000288. The number of rotatable bonds is 7. The highest BCUT2D eigenvalue weighted by molar-refractivity contribution is 14.0. The van der Waals surface area contributed by atoms with Crippen molar-refractivity contribution in [1.82, 2.24) is 10.6 Å². The van der Waals surface area contributed by atoms with Gasteiger partial charge in [-0.25, -0.2) is 4.99 Å². The highest BCUT2D eigenvalue weighted by Gasteiger charge is 2.10. The van der Waals surface area contributed by atoms with E-state index in [0.29, 0.717) is 13.2 Å². The molecule has 0 unspecified atom stereocenters. The molecule has 7 heteroatoms. The minimum Gasteiger partial charge on any atom is -0.383 e. The van der Waals surface area contributed by atoms with Crippen molar-refractivity contribution in [2.45, 2.75) is 13.5 Å². The fraction of sp³-hybridized carbons (Fsp3) is 0.588. The number of hydrogen-bond acceptors (Lipinski definition) is 4. The number of halogens is 1. The number of methoxy groups -OCH3 is 1. The smallest absolute Gasteiger partial charge is 0.191 e. The molecule has 1 aromatic rings. The van der Waals surface area contributed by atoms with E-state index in [2.05, 4.69) is 51.7 Å². The van der Waals surface area contributed by atoms with Crippen LogP contribution in [0.5, 0.6) is 0 Å². The van der Waals surface area contributed by atoms with Gasteiger partial charge in [-0.05, 0) is 24.6 Å². The van der Waals surface area contributed by atoms with E-state index in [-0.39, 0.29) is 24.0 Å². The summed E-state index contributed by atoms with van der Waals surface area (Å²) in [4.78, 5) is 6.96. The van der Waals surface area contributed by atoms with E-state index in [1.807, 2.05) is 0 Å². The first-order valence-electron chi connectivity index (χ1n) is 8.26. The number of benzene rings is 1. The van der Waals surface area contributed by atoms with Gasteiger partial charge in [-0.3, -0.25) is 0 Å². The molecule has 0 atom stereocenters. The minimum absolute atomic E-state index is 0. The quantitative estimate of drug-likeness (QED) is 0.289. The molecular formula is C17H29IN4O2. The second-order valence-corrected chi connectivity index (χ2v) is 5.38. The Bertz CT molecular complexity index is 476. The van der Waals surface area contributed by atoms with Gasteiger partial charge in [0, 0.05) is 39.0 Å². The van der Waals surface area contributed by atoms with E-state index in [1.165, 1.54) is 11.3 Å². The van der Waals surface area contributed by atoms with E-state index >= 15 is 0 Å². The monoisotopic (exact) mass is 448 g/mol. The van der Waals surface area contributed by atoms with Crippen molar-refractivity contribution in [2.24, 2.45) is 4.99 Å². The lowest BCUT2D eigenvalue weighted by atomic mass is 10.2. The standard InChI is InChI=1S/C17H28N4O2.HI/c1-3-18-17(19-8-11-22-2)20-14-15-4-6-16(7-5-15)21-9-12-23-13-10-21;/h4-7H,3,8-14H2,1-2H3,(H2,18,19,20);1H. The summed E-state index contributed by atoms with van der Waals surface area (Å²) in [5.41, 5.74) is 2.46. The zero-order valence-electron chi connectivity index (χ0n) is 14.6. The van der Waals surface area contributed by atoms with Crippen molar-refractivity contribution in [3.05, 3.63) is 29.8 Å². The Morgan fingerprint density at radius 3 is 2.54 bits per heavy atom. The molecule has 1 aromatic carbocycles. The van der Waals surface area contributed by atoms with Crippen molar-refractivity contribution >= 4 is 35.6 Å². The van der Waals surface area contributed by atoms with E-state index in [1.54, 1.807) is 7.11 Å². The molecule has 0 radical (unpaired) electrons. The third-order valence-electron chi connectivity index (χ3n) is 3.68. The third-order valence-corrected chi connectivity index (χ3v) is 3.68. The lowest BCUT2D eigenvalue weighted by Crippen LogP contribution is -2.38. The second kappa shape index (κ2) is 12.3. The number of aliphatic imine (C=N–C) groups is 1. The van der Waals surface area contributed by atoms with Crippen LogP contribution < -0.4 is 15.5 Å². The predicted octanol–water partition coefficient (Wildman–Crippen LogP) is 1.84. The van der Waals surface area contributed by atoms with Gasteiger partial charge >= 0.3 is 0 Å². The average Bonchev–Trinajstić information content (AvgIpc) is 2.61. The van der Waals surface area contributed by atoms with Crippen molar-refractivity contribution in [2.75, 3.05) is 58.0 Å². The summed E-state index contributed by atoms with van der Waals surface area (Å²) in [5.74, 6) is 0.821. The molecule has 1 aliphatic heterocycles. The maximum Gasteiger partial charge on any atom is 0.191 e. The molecule has 0 saturated carbocycles. The first-order valence-corrected chi connectivity index (χ1v) is 8.26. The van der Waals surface area contributed by atoms with Crippen molar-refractivity contribution in [1.29, 1.82) is 0 Å². The molecule has 1 aliphatic rings. The number of nitrogens with zero attached hydrogens (tertiary/aromatic N) is 2. The number of morpholine rings is 1. The van der Waals surface area contributed by atoms with E-state index in [9.17, 15) is 0 Å². The zero-order chi connectivity index (χ0) is 16.3. The van der Waals surface area contributed by atoms with Crippen LogP contribution in [0, 0.1) is 0 Å². The third kappa shape index (κ3) is 7.23. The van der Waals surface area contributed by atoms with Crippen LogP contribution in [-0.4, -0.2) is 59.1 Å². The molecule has 6 nitrogen and oxygen atoms in total. The Labute approximate surface area is 162 Å². The fourth-order valence-corrected chi connectivity index (χ4v) is 2.42. The Hall–Kier alpha value is -1.06. The molecule has 1 heterocycles. The molecule has 24 heavy (non-hydrogen) atoms. The zero-order valence-corrected chi connectivity index (χ0v) is 16.9. The molecule has 0 aromatic heterocycles. The van der Waals surface area contributed by atoms with Crippen molar-refractivity contribution in [3.63, 3.8) is 0 Å². The first kappa shape index (κ1) is 21.0. The number of nitrogens with one attached hydrogen (secondary N) is 2. The van der Waals surface area contributed by atoms with Gasteiger partial charge in [0.05, 0.1) is 26.4 Å². The van der Waals surface area contributed by atoms with E-state index in [0.717, 1.165) is 45.4 Å². The van der Waals surface area contributed by atoms with E-state index < -0.39 is 0 Å². The molecule has 2 rings (SSSR count). The summed E-state index contributed by atoms with van der Waals surface area (Å²) in [5, 5.41) is 6.48. The summed E-state index contributed by atoms with van der Waals surface area (Å²) in [7, 11) is 1.70. The van der Waals surface area contributed by atoms with Gasteiger partial charge in [-0.1, -0.05) is 12.1 Å². The predicted molar refractivity (Wildman–Crippen MR) is 110 cm³/mol. The van der Waals surface area contributed by atoms with Gasteiger partial charge in [0.25, 0.3) is 0 Å². The maximum atomic E-state index is 5.39. The SMILES string of the molecule is CCNC(=NCc1ccc(N2CCOCC2)cc1)NCCOC.I. The van der Waals surface area contributed by atoms with Gasteiger partial charge in [0.2, 0.25) is 0 Å². The summed E-state index contributed by atoms with van der Waals surface area (Å²) < 4.78 is 10.4. The highest BCUT2D eigenvalue weighted by atomic mass is 127. The summed E-state index contributed by atoms with van der Waals surface area (Å²) >= 11 is 0. The van der Waals surface area contributed by atoms with Crippen LogP contribution in [0.3, 0.4) is 0 Å². The first-order chi connectivity index (χ1) is 11.3. The summed E-state index contributed by atoms with van der Waals surface area (Å²) in [6, 6.07) is 8.63. The van der Waals surface area contributed by atoms with Crippen LogP contribution in [0.15, 0.2) is 29.3 Å². The maximum absolute atomic E-state index is 5.39. The molecule has 1 fully saturated rings. The number of ether oxygens (including phenoxy) is 2. The second-order valence-electron chi connectivity index (χ2n) is 5.38. The Morgan fingerprint density at radius 2 is 1.92 bits per heavy atom. The Kier molecular flexibility index (Phi) is 10.8. The molecule has 0 spiro atoms. The molecule has 0 bridgehead atoms. The minimum atomic E-state index is 0. The largest absolute Gasteiger partial charge is 0.383 e. The van der Waals surface area contributed by atoms with Crippen LogP contribution in [0.2, 0.25) is 0 Å². The number of guanidine groups is 1. The lowest BCUT2D eigenvalue weighted by Gasteiger charge is -2.28.